The van der Waals surface area contributed by atoms with Gasteiger partial charge in [0.05, 0.1) is 23.7 Å². The zero-order valence-corrected chi connectivity index (χ0v) is 11.8. The number of aliphatic hydroxyl groups is 1. The summed E-state index contributed by atoms with van der Waals surface area (Å²) in [4.78, 5) is 6.71. The zero-order valence-electron chi connectivity index (χ0n) is 11.8. The molecular weight excluding hydrogens is 248 g/mol. The lowest BCUT2D eigenvalue weighted by Gasteiger charge is -2.23. The van der Waals surface area contributed by atoms with Gasteiger partial charge in [0.15, 0.2) is 0 Å². The Bertz CT molecular complexity index is 578. The first-order chi connectivity index (χ1) is 9.74. The summed E-state index contributed by atoms with van der Waals surface area (Å²) >= 11 is 0. The Morgan fingerprint density at radius 2 is 1.95 bits per heavy atom. The highest BCUT2D eigenvalue weighted by Gasteiger charge is 2.15. The van der Waals surface area contributed by atoms with Gasteiger partial charge >= 0.3 is 0 Å². The maximum Gasteiger partial charge on any atom is 0.0931 e. The van der Waals surface area contributed by atoms with Gasteiger partial charge in [-0.3, -0.25) is 4.98 Å². The highest BCUT2D eigenvalue weighted by molar-refractivity contribution is 5.47. The lowest BCUT2D eigenvalue weighted by molar-refractivity contribution is 0.194. The Morgan fingerprint density at radius 3 is 2.65 bits per heavy atom. The van der Waals surface area contributed by atoms with Crippen molar-refractivity contribution < 1.29 is 5.11 Å². The van der Waals surface area contributed by atoms with E-state index in [9.17, 15) is 5.11 Å². The monoisotopic (exact) mass is 268 g/mol. The van der Waals surface area contributed by atoms with E-state index in [-0.39, 0.29) is 0 Å². The molecule has 0 bridgehead atoms. The smallest absolute Gasteiger partial charge is 0.0931 e. The number of anilines is 1. The summed E-state index contributed by atoms with van der Waals surface area (Å²) in [6.07, 6.45) is 3.67. The molecule has 0 aliphatic carbocycles. The highest BCUT2D eigenvalue weighted by atomic mass is 16.3. The fourth-order valence-electron chi connectivity index (χ4n) is 2.75. The number of fused-ring (bicyclic) bond motifs is 1. The number of hydrogen-bond acceptors (Lipinski definition) is 3. The van der Waals surface area contributed by atoms with Gasteiger partial charge in [-0.15, -0.1) is 0 Å². The van der Waals surface area contributed by atoms with Crippen LogP contribution in [0.2, 0.25) is 0 Å². The quantitative estimate of drug-likeness (QED) is 0.909. The van der Waals surface area contributed by atoms with Crippen LogP contribution in [0.4, 0.5) is 5.69 Å². The van der Waals surface area contributed by atoms with Crippen molar-refractivity contribution in [3.8, 4) is 0 Å². The van der Waals surface area contributed by atoms with Crippen LogP contribution in [0.25, 0.3) is 0 Å². The molecular formula is C17H20N2O. The summed E-state index contributed by atoms with van der Waals surface area (Å²) in [6, 6.07) is 12.6. The van der Waals surface area contributed by atoms with Crippen LogP contribution in [-0.2, 0) is 13.0 Å². The van der Waals surface area contributed by atoms with Gasteiger partial charge in [0.1, 0.15) is 0 Å². The van der Waals surface area contributed by atoms with Crippen molar-refractivity contribution in [1.82, 2.24) is 4.98 Å². The summed E-state index contributed by atoms with van der Waals surface area (Å²) in [6.45, 7) is 3.72. The molecule has 1 N–H and O–H groups in total. The van der Waals surface area contributed by atoms with Crippen LogP contribution in [0.1, 0.15) is 36.3 Å². The largest absolute Gasteiger partial charge is 0.387 e. The zero-order chi connectivity index (χ0) is 13.9. The lowest BCUT2D eigenvalue weighted by Crippen LogP contribution is -2.22. The molecule has 0 radical (unpaired) electrons. The predicted molar refractivity (Wildman–Crippen MR) is 80.7 cm³/mol. The Kier molecular flexibility index (Phi) is 3.70. The SMILES string of the molecule is CC(O)c1ccc(N2CCCc3ccccc3C2)cn1. The van der Waals surface area contributed by atoms with E-state index in [0.29, 0.717) is 0 Å². The standard InChI is InChI=1S/C17H20N2O/c1-13(20)17-9-8-16(11-18-17)19-10-4-7-14-5-2-3-6-15(14)12-19/h2-3,5-6,8-9,11,13,20H,4,7,10,12H2,1H3. The van der Waals surface area contributed by atoms with Gasteiger partial charge < -0.3 is 10.0 Å². The Balaban J connectivity index is 1.84. The van der Waals surface area contributed by atoms with E-state index in [2.05, 4.69) is 40.2 Å². The third kappa shape index (κ3) is 2.68. The van der Waals surface area contributed by atoms with Crippen LogP contribution in [0, 0.1) is 0 Å². The molecule has 0 fully saturated rings. The first-order valence-electron chi connectivity index (χ1n) is 7.20. The van der Waals surface area contributed by atoms with E-state index >= 15 is 0 Å². The fraction of sp³-hybridized carbons (Fsp3) is 0.353. The Morgan fingerprint density at radius 1 is 1.15 bits per heavy atom. The molecule has 0 saturated heterocycles. The van der Waals surface area contributed by atoms with Crippen LogP contribution in [0.3, 0.4) is 0 Å². The van der Waals surface area contributed by atoms with Crippen molar-refractivity contribution in [3.05, 3.63) is 59.4 Å². The Labute approximate surface area is 119 Å². The summed E-state index contributed by atoms with van der Waals surface area (Å²) < 4.78 is 0. The van der Waals surface area contributed by atoms with E-state index in [1.54, 1.807) is 6.92 Å². The molecule has 104 valence electrons. The fourth-order valence-corrected chi connectivity index (χ4v) is 2.75. The van der Waals surface area contributed by atoms with Gasteiger partial charge in [0.25, 0.3) is 0 Å². The van der Waals surface area contributed by atoms with Crippen molar-refractivity contribution in [1.29, 1.82) is 0 Å². The minimum atomic E-state index is -0.506. The average Bonchev–Trinajstić information content (AvgIpc) is 2.69. The third-order valence-electron chi connectivity index (χ3n) is 3.92. The van der Waals surface area contributed by atoms with E-state index in [4.69, 9.17) is 0 Å². The summed E-state index contributed by atoms with van der Waals surface area (Å²) in [7, 11) is 0. The molecule has 1 aromatic heterocycles. The topological polar surface area (TPSA) is 36.4 Å². The second-order valence-electron chi connectivity index (χ2n) is 5.41. The molecule has 0 amide bonds. The molecule has 0 spiro atoms. The first-order valence-corrected chi connectivity index (χ1v) is 7.20. The van der Waals surface area contributed by atoms with Crippen LogP contribution in [0.15, 0.2) is 42.6 Å². The highest BCUT2D eigenvalue weighted by Crippen LogP contribution is 2.24. The molecule has 1 aliphatic rings. The molecule has 20 heavy (non-hydrogen) atoms. The van der Waals surface area contributed by atoms with Crippen molar-refractivity contribution >= 4 is 5.69 Å². The van der Waals surface area contributed by atoms with Gasteiger partial charge in [-0.25, -0.2) is 0 Å². The van der Waals surface area contributed by atoms with Gasteiger partial charge in [-0.2, -0.15) is 0 Å². The minimum absolute atomic E-state index is 0.506. The molecule has 1 unspecified atom stereocenters. The Hall–Kier alpha value is -1.87. The minimum Gasteiger partial charge on any atom is -0.387 e. The summed E-state index contributed by atoms with van der Waals surface area (Å²) in [5, 5.41) is 9.52. The molecule has 1 aromatic carbocycles. The van der Waals surface area contributed by atoms with Crippen LogP contribution in [-0.4, -0.2) is 16.6 Å². The number of rotatable bonds is 2. The number of aryl methyl sites for hydroxylation is 1. The lowest BCUT2D eigenvalue weighted by atomic mass is 10.0. The van der Waals surface area contributed by atoms with Crippen molar-refractivity contribution in [3.63, 3.8) is 0 Å². The number of hydrogen-bond donors (Lipinski definition) is 1. The number of aromatic nitrogens is 1. The van der Waals surface area contributed by atoms with Crippen molar-refractivity contribution in [2.45, 2.75) is 32.4 Å². The molecule has 3 nitrogen and oxygen atoms in total. The number of nitrogens with zero attached hydrogens (tertiary/aromatic N) is 2. The maximum atomic E-state index is 9.52. The van der Waals surface area contributed by atoms with E-state index in [1.807, 2.05) is 12.3 Å². The second-order valence-corrected chi connectivity index (χ2v) is 5.41. The average molecular weight is 268 g/mol. The molecule has 1 atom stereocenters. The molecule has 2 heterocycles. The van der Waals surface area contributed by atoms with E-state index in [0.717, 1.165) is 37.3 Å². The second kappa shape index (κ2) is 5.63. The van der Waals surface area contributed by atoms with Gasteiger partial charge in [0.2, 0.25) is 0 Å². The van der Waals surface area contributed by atoms with Crippen LogP contribution in [0.5, 0.6) is 0 Å². The first kappa shape index (κ1) is 13.1. The molecule has 3 rings (SSSR count). The maximum absolute atomic E-state index is 9.52. The third-order valence-corrected chi connectivity index (χ3v) is 3.92. The summed E-state index contributed by atoms with van der Waals surface area (Å²) in [5.41, 5.74) is 4.73. The number of pyridine rings is 1. The molecule has 1 aliphatic heterocycles. The van der Waals surface area contributed by atoms with Crippen molar-refractivity contribution in [2.24, 2.45) is 0 Å². The van der Waals surface area contributed by atoms with Gasteiger partial charge in [0, 0.05) is 13.1 Å². The number of aliphatic hydroxyl groups excluding tert-OH is 1. The van der Waals surface area contributed by atoms with E-state index in [1.165, 1.54) is 11.1 Å². The molecule has 0 saturated carbocycles. The van der Waals surface area contributed by atoms with Crippen LogP contribution < -0.4 is 4.90 Å². The van der Waals surface area contributed by atoms with Crippen LogP contribution >= 0.6 is 0 Å². The van der Waals surface area contributed by atoms with E-state index < -0.39 is 6.10 Å². The summed E-state index contributed by atoms with van der Waals surface area (Å²) in [5.74, 6) is 0. The van der Waals surface area contributed by atoms with Crippen molar-refractivity contribution in [2.75, 3.05) is 11.4 Å². The van der Waals surface area contributed by atoms with Gasteiger partial charge in [-0.1, -0.05) is 24.3 Å². The van der Waals surface area contributed by atoms with Gasteiger partial charge in [-0.05, 0) is 43.0 Å². The molecule has 2 aromatic rings. The predicted octanol–water partition coefficient (Wildman–Crippen LogP) is 3.09. The molecule has 3 heteroatoms. The number of benzene rings is 1. The normalized spacial score (nSPS) is 16.4.